The molecule has 2 N–H and O–H groups in total. The van der Waals surface area contributed by atoms with Gasteiger partial charge in [0.05, 0.1) is 12.7 Å². The van der Waals surface area contributed by atoms with Crippen LogP contribution in [0.15, 0.2) is 29.2 Å². The first-order chi connectivity index (χ1) is 6.77. The molecule has 0 aromatic heterocycles. The second kappa shape index (κ2) is 5.67. The average Bonchev–Trinajstić information content (AvgIpc) is 2.25. The summed E-state index contributed by atoms with van der Waals surface area (Å²) in [5.74, 6) is 0.546. The van der Waals surface area contributed by atoms with Crippen LogP contribution in [-0.2, 0) is 4.74 Å². The van der Waals surface area contributed by atoms with E-state index in [1.54, 1.807) is 17.8 Å². The van der Waals surface area contributed by atoms with Gasteiger partial charge in [-0.1, -0.05) is 6.07 Å². The average molecular weight is 211 g/mol. The Morgan fingerprint density at radius 3 is 3.00 bits per heavy atom. The van der Waals surface area contributed by atoms with Crippen molar-refractivity contribution in [1.82, 2.24) is 0 Å². The van der Waals surface area contributed by atoms with E-state index in [9.17, 15) is 4.79 Å². The molecular formula is C10H13NO2S. The number of ether oxygens (including phenoxy) is 1. The van der Waals surface area contributed by atoms with Crippen molar-refractivity contribution in [2.45, 2.75) is 4.90 Å². The SMILES string of the molecule is COC(=O)c1cccc(SCCN)c1. The van der Waals surface area contributed by atoms with E-state index < -0.39 is 0 Å². The summed E-state index contributed by atoms with van der Waals surface area (Å²) in [7, 11) is 1.38. The monoisotopic (exact) mass is 211 g/mol. The van der Waals surface area contributed by atoms with Crippen molar-refractivity contribution < 1.29 is 9.53 Å². The first-order valence-corrected chi connectivity index (χ1v) is 5.27. The molecule has 76 valence electrons. The Morgan fingerprint density at radius 1 is 1.57 bits per heavy atom. The molecule has 0 amide bonds. The molecule has 3 nitrogen and oxygen atoms in total. The molecule has 14 heavy (non-hydrogen) atoms. The molecule has 1 aromatic rings. The van der Waals surface area contributed by atoms with Crippen molar-refractivity contribution in [2.24, 2.45) is 5.73 Å². The molecule has 1 rings (SSSR count). The largest absolute Gasteiger partial charge is 0.465 e. The van der Waals surface area contributed by atoms with Crippen molar-refractivity contribution >= 4 is 17.7 Å². The fourth-order valence-corrected chi connectivity index (χ4v) is 1.75. The molecular weight excluding hydrogens is 198 g/mol. The van der Waals surface area contributed by atoms with Crippen LogP contribution in [0.4, 0.5) is 0 Å². The molecule has 0 bridgehead atoms. The number of esters is 1. The zero-order chi connectivity index (χ0) is 10.4. The summed E-state index contributed by atoms with van der Waals surface area (Å²) in [5.41, 5.74) is 5.97. The summed E-state index contributed by atoms with van der Waals surface area (Å²) >= 11 is 1.63. The Balaban J connectivity index is 2.73. The molecule has 1 aromatic carbocycles. The minimum absolute atomic E-state index is 0.305. The van der Waals surface area contributed by atoms with Crippen molar-refractivity contribution in [3.8, 4) is 0 Å². The number of carbonyl (C=O) groups is 1. The lowest BCUT2D eigenvalue weighted by atomic mass is 10.2. The summed E-state index contributed by atoms with van der Waals surface area (Å²) in [6, 6.07) is 7.34. The smallest absolute Gasteiger partial charge is 0.337 e. The van der Waals surface area contributed by atoms with Crippen molar-refractivity contribution in [1.29, 1.82) is 0 Å². The van der Waals surface area contributed by atoms with Crippen molar-refractivity contribution in [3.05, 3.63) is 29.8 Å². The second-order valence-electron chi connectivity index (χ2n) is 2.66. The van der Waals surface area contributed by atoms with Crippen LogP contribution < -0.4 is 5.73 Å². The number of hydrogen-bond acceptors (Lipinski definition) is 4. The molecule has 0 aliphatic carbocycles. The van der Waals surface area contributed by atoms with Gasteiger partial charge in [0.2, 0.25) is 0 Å². The minimum Gasteiger partial charge on any atom is -0.465 e. The number of nitrogens with two attached hydrogens (primary N) is 1. The van der Waals surface area contributed by atoms with E-state index in [2.05, 4.69) is 4.74 Å². The van der Waals surface area contributed by atoms with E-state index >= 15 is 0 Å². The predicted molar refractivity (Wildman–Crippen MR) is 57.6 cm³/mol. The Labute approximate surface area is 87.6 Å². The zero-order valence-corrected chi connectivity index (χ0v) is 8.84. The molecule has 0 aliphatic heterocycles. The van der Waals surface area contributed by atoms with E-state index in [4.69, 9.17) is 5.73 Å². The number of carbonyl (C=O) groups excluding carboxylic acids is 1. The fourth-order valence-electron chi connectivity index (χ4n) is 1.01. The highest BCUT2D eigenvalue weighted by Gasteiger charge is 2.05. The van der Waals surface area contributed by atoms with Gasteiger partial charge in [-0.15, -0.1) is 11.8 Å². The summed E-state index contributed by atoms with van der Waals surface area (Å²) < 4.78 is 4.62. The number of rotatable bonds is 4. The minimum atomic E-state index is -0.305. The van der Waals surface area contributed by atoms with Gasteiger partial charge in [-0.2, -0.15) is 0 Å². The number of thioether (sulfide) groups is 1. The lowest BCUT2D eigenvalue weighted by Gasteiger charge is -2.02. The first-order valence-electron chi connectivity index (χ1n) is 4.29. The maximum atomic E-state index is 11.2. The summed E-state index contributed by atoms with van der Waals surface area (Å²) in [6.07, 6.45) is 0. The highest BCUT2D eigenvalue weighted by molar-refractivity contribution is 7.99. The molecule has 4 heteroatoms. The van der Waals surface area contributed by atoms with Crippen LogP contribution in [-0.4, -0.2) is 25.4 Å². The van der Waals surface area contributed by atoms with Crippen LogP contribution in [0, 0.1) is 0 Å². The molecule has 0 aliphatic rings. The van der Waals surface area contributed by atoms with Crippen LogP contribution >= 0.6 is 11.8 Å². The molecule has 0 spiro atoms. The van der Waals surface area contributed by atoms with Gasteiger partial charge in [0.25, 0.3) is 0 Å². The lowest BCUT2D eigenvalue weighted by Crippen LogP contribution is -2.02. The van der Waals surface area contributed by atoms with E-state index in [1.807, 2.05) is 18.2 Å². The van der Waals surface area contributed by atoms with Gasteiger partial charge < -0.3 is 10.5 Å². The quantitative estimate of drug-likeness (QED) is 0.606. The topological polar surface area (TPSA) is 52.3 Å². The van der Waals surface area contributed by atoms with Gasteiger partial charge in [0.1, 0.15) is 0 Å². The van der Waals surface area contributed by atoms with Crippen LogP contribution in [0.5, 0.6) is 0 Å². The maximum absolute atomic E-state index is 11.2. The van der Waals surface area contributed by atoms with Gasteiger partial charge in [0, 0.05) is 17.2 Å². The van der Waals surface area contributed by atoms with Crippen LogP contribution in [0.25, 0.3) is 0 Å². The number of benzene rings is 1. The second-order valence-corrected chi connectivity index (χ2v) is 3.82. The molecule has 0 saturated carbocycles. The molecule has 0 fully saturated rings. The highest BCUT2D eigenvalue weighted by atomic mass is 32.2. The van der Waals surface area contributed by atoms with Crippen molar-refractivity contribution in [2.75, 3.05) is 19.4 Å². The maximum Gasteiger partial charge on any atom is 0.337 e. The van der Waals surface area contributed by atoms with E-state index in [0.717, 1.165) is 10.6 Å². The zero-order valence-electron chi connectivity index (χ0n) is 8.03. The van der Waals surface area contributed by atoms with Gasteiger partial charge in [0.15, 0.2) is 0 Å². The van der Waals surface area contributed by atoms with Gasteiger partial charge in [-0.25, -0.2) is 4.79 Å². The number of hydrogen-bond donors (Lipinski definition) is 1. The number of methoxy groups -OCH3 is 1. The lowest BCUT2D eigenvalue weighted by molar-refractivity contribution is 0.0600. The Kier molecular flexibility index (Phi) is 4.49. The predicted octanol–water partition coefficient (Wildman–Crippen LogP) is 1.52. The standard InChI is InChI=1S/C10H13NO2S/c1-13-10(12)8-3-2-4-9(7-8)14-6-5-11/h2-4,7H,5-6,11H2,1H3. The van der Waals surface area contributed by atoms with Gasteiger partial charge >= 0.3 is 5.97 Å². The molecule has 0 radical (unpaired) electrons. The van der Waals surface area contributed by atoms with E-state index in [1.165, 1.54) is 7.11 Å². The normalized spacial score (nSPS) is 9.86. The van der Waals surface area contributed by atoms with Crippen molar-refractivity contribution in [3.63, 3.8) is 0 Å². The van der Waals surface area contributed by atoms with Crippen LogP contribution in [0.2, 0.25) is 0 Å². The third-order valence-corrected chi connectivity index (χ3v) is 2.67. The Bertz CT molecular complexity index is 315. The fraction of sp³-hybridized carbons (Fsp3) is 0.300. The molecule has 0 heterocycles. The van der Waals surface area contributed by atoms with Crippen LogP contribution in [0.1, 0.15) is 10.4 Å². The highest BCUT2D eigenvalue weighted by Crippen LogP contribution is 2.18. The van der Waals surface area contributed by atoms with E-state index in [0.29, 0.717) is 12.1 Å². The summed E-state index contributed by atoms with van der Waals surface area (Å²) in [5, 5.41) is 0. The van der Waals surface area contributed by atoms with Gasteiger partial charge in [-0.3, -0.25) is 0 Å². The van der Waals surface area contributed by atoms with Gasteiger partial charge in [-0.05, 0) is 18.2 Å². The first kappa shape index (κ1) is 11.1. The summed E-state index contributed by atoms with van der Waals surface area (Å²) in [6.45, 7) is 0.632. The molecule has 0 unspecified atom stereocenters. The molecule has 0 saturated heterocycles. The third-order valence-electron chi connectivity index (χ3n) is 1.64. The van der Waals surface area contributed by atoms with Crippen LogP contribution in [0.3, 0.4) is 0 Å². The van der Waals surface area contributed by atoms with E-state index in [-0.39, 0.29) is 5.97 Å². The molecule has 0 atom stereocenters. The Morgan fingerprint density at radius 2 is 2.36 bits per heavy atom. The Hall–Kier alpha value is -1.00. The summed E-state index contributed by atoms with van der Waals surface area (Å²) in [4.78, 5) is 12.2. The third kappa shape index (κ3) is 3.05.